The maximum absolute atomic E-state index is 5.64. The van der Waals surface area contributed by atoms with Crippen molar-refractivity contribution in [2.75, 3.05) is 23.8 Å². The van der Waals surface area contributed by atoms with Crippen LogP contribution in [-0.4, -0.2) is 24.6 Å². The second kappa shape index (κ2) is 5.88. The Labute approximate surface area is 148 Å². The van der Waals surface area contributed by atoms with Crippen LogP contribution in [0.15, 0.2) is 53.5 Å². The lowest BCUT2D eigenvalue weighted by Crippen LogP contribution is -2.55. The Morgan fingerprint density at radius 3 is 2.60 bits per heavy atom. The zero-order valence-corrected chi connectivity index (χ0v) is 14.3. The predicted molar refractivity (Wildman–Crippen MR) is 101 cm³/mol. The van der Waals surface area contributed by atoms with Crippen LogP contribution in [0.4, 0.5) is 11.4 Å². The van der Waals surface area contributed by atoms with Gasteiger partial charge in [-0.05, 0) is 36.1 Å². The van der Waals surface area contributed by atoms with Crippen molar-refractivity contribution in [2.24, 2.45) is 4.99 Å². The van der Waals surface area contributed by atoms with Crippen molar-refractivity contribution < 1.29 is 4.74 Å². The standard InChI is InChI=1S/C21H23N3O/c1-2-6-16-15(5-1)9-10-17(16)22-20-21(11-13-25-14-12-21)24-19-8-4-3-7-18(19)23-20/h1-8,17,24H,9-14H2,(H,22,23). The van der Waals surface area contributed by atoms with Crippen molar-refractivity contribution in [1.82, 2.24) is 0 Å². The second-order valence-electron chi connectivity index (χ2n) is 7.22. The molecule has 2 heterocycles. The summed E-state index contributed by atoms with van der Waals surface area (Å²) in [6, 6.07) is 17.4. The van der Waals surface area contributed by atoms with Gasteiger partial charge in [-0.25, -0.2) is 0 Å². The van der Waals surface area contributed by atoms with E-state index in [9.17, 15) is 0 Å². The van der Waals surface area contributed by atoms with Crippen LogP contribution in [0, 0.1) is 0 Å². The maximum Gasteiger partial charge on any atom is 0.128 e. The average molecular weight is 333 g/mol. The van der Waals surface area contributed by atoms with Crippen molar-refractivity contribution in [3.8, 4) is 0 Å². The van der Waals surface area contributed by atoms with E-state index in [1.807, 2.05) is 0 Å². The molecule has 1 spiro atoms. The van der Waals surface area contributed by atoms with E-state index in [1.54, 1.807) is 0 Å². The Morgan fingerprint density at radius 2 is 1.72 bits per heavy atom. The lowest BCUT2D eigenvalue weighted by atomic mass is 9.85. The van der Waals surface area contributed by atoms with Gasteiger partial charge in [-0.15, -0.1) is 0 Å². The number of amidine groups is 1. The van der Waals surface area contributed by atoms with Crippen LogP contribution < -0.4 is 10.6 Å². The molecule has 0 amide bonds. The number of aryl methyl sites for hydroxylation is 1. The number of rotatable bonds is 1. The molecule has 3 aliphatic rings. The van der Waals surface area contributed by atoms with Crippen molar-refractivity contribution in [3.05, 3.63) is 59.7 Å². The lowest BCUT2D eigenvalue weighted by molar-refractivity contribution is 0.0778. The highest BCUT2D eigenvalue weighted by Gasteiger charge is 2.42. The van der Waals surface area contributed by atoms with Crippen LogP contribution in [0.25, 0.3) is 0 Å². The molecule has 0 saturated carbocycles. The predicted octanol–water partition coefficient (Wildman–Crippen LogP) is 4.16. The van der Waals surface area contributed by atoms with Crippen LogP contribution in [-0.2, 0) is 11.2 Å². The van der Waals surface area contributed by atoms with Gasteiger partial charge in [-0.2, -0.15) is 0 Å². The Hall–Kier alpha value is -2.33. The molecule has 0 radical (unpaired) electrons. The van der Waals surface area contributed by atoms with E-state index in [0.29, 0.717) is 0 Å². The topological polar surface area (TPSA) is 45.7 Å². The van der Waals surface area contributed by atoms with E-state index >= 15 is 0 Å². The summed E-state index contributed by atoms with van der Waals surface area (Å²) < 4.78 is 5.64. The van der Waals surface area contributed by atoms with E-state index in [4.69, 9.17) is 9.73 Å². The number of nitrogens with zero attached hydrogens (tertiary/aromatic N) is 1. The minimum absolute atomic E-state index is 0.135. The summed E-state index contributed by atoms with van der Waals surface area (Å²) in [5.41, 5.74) is 4.98. The molecular formula is C21H23N3O. The third-order valence-electron chi connectivity index (χ3n) is 5.74. The molecule has 2 aromatic carbocycles. The van der Waals surface area contributed by atoms with Crippen molar-refractivity contribution in [3.63, 3.8) is 0 Å². The van der Waals surface area contributed by atoms with E-state index in [0.717, 1.165) is 56.1 Å². The molecule has 1 aliphatic carbocycles. The van der Waals surface area contributed by atoms with Gasteiger partial charge in [0.2, 0.25) is 0 Å². The van der Waals surface area contributed by atoms with Gasteiger partial charge in [0.1, 0.15) is 5.84 Å². The first kappa shape index (κ1) is 15.0. The number of fused-ring (bicyclic) bond motifs is 2. The van der Waals surface area contributed by atoms with Crippen LogP contribution in [0.2, 0.25) is 0 Å². The molecule has 128 valence electrons. The summed E-state index contributed by atoms with van der Waals surface area (Å²) in [5.74, 6) is 1.08. The molecule has 1 saturated heterocycles. The smallest absolute Gasteiger partial charge is 0.128 e. The number of benzene rings is 2. The molecule has 0 bridgehead atoms. The number of nitrogens with one attached hydrogen (secondary N) is 2. The number of aliphatic imine (C=N–C) groups is 1. The van der Waals surface area contributed by atoms with E-state index < -0.39 is 0 Å². The fourth-order valence-corrected chi connectivity index (χ4v) is 4.33. The number of hydrogen-bond acceptors (Lipinski definition) is 3. The summed E-state index contributed by atoms with van der Waals surface area (Å²) in [4.78, 5) is 5.24. The van der Waals surface area contributed by atoms with E-state index in [2.05, 4.69) is 59.2 Å². The van der Waals surface area contributed by atoms with Gasteiger partial charge in [-0.1, -0.05) is 36.4 Å². The summed E-state index contributed by atoms with van der Waals surface area (Å²) in [5, 5.41) is 7.43. The maximum atomic E-state index is 5.64. The largest absolute Gasteiger partial charge is 0.381 e. The fourth-order valence-electron chi connectivity index (χ4n) is 4.33. The molecule has 2 aliphatic heterocycles. The molecule has 4 nitrogen and oxygen atoms in total. The number of hydrogen-bond donors (Lipinski definition) is 2. The third kappa shape index (κ3) is 2.52. The highest BCUT2D eigenvalue weighted by Crippen LogP contribution is 2.39. The highest BCUT2D eigenvalue weighted by molar-refractivity contribution is 6.09. The van der Waals surface area contributed by atoms with Gasteiger partial charge < -0.3 is 15.4 Å². The molecule has 2 aromatic rings. The molecule has 4 heteroatoms. The quantitative estimate of drug-likeness (QED) is 0.824. The molecule has 0 aromatic heterocycles. The molecule has 25 heavy (non-hydrogen) atoms. The van der Waals surface area contributed by atoms with Crippen LogP contribution in [0.3, 0.4) is 0 Å². The second-order valence-corrected chi connectivity index (χ2v) is 7.22. The molecule has 2 N–H and O–H groups in total. The number of ether oxygens (including phenoxy) is 1. The van der Waals surface area contributed by atoms with Crippen LogP contribution in [0.5, 0.6) is 0 Å². The van der Waals surface area contributed by atoms with Gasteiger partial charge in [0, 0.05) is 26.1 Å². The molecule has 5 rings (SSSR count). The number of anilines is 2. The molecule has 1 fully saturated rings. The Bertz CT molecular complexity index is 823. The minimum atomic E-state index is -0.135. The highest BCUT2D eigenvalue weighted by atomic mass is 16.5. The summed E-state index contributed by atoms with van der Waals surface area (Å²) >= 11 is 0. The lowest BCUT2D eigenvalue weighted by Gasteiger charge is -2.44. The Balaban J connectivity index is 1.56. The van der Waals surface area contributed by atoms with Crippen LogP contribution >= 0.6 is 0 Å². The minimum Gasteiger partial charge on any atom is -0.381 e. The summed E-state index contributed by atoms with van der Waals surface area (Å²) in [6.45, 7) is 1.55. The first-order valence-corrected chi connectivity index (χ1v) is 9.22. The van der Waals surface area contributed by atoms with Crippen molar-refractivity contribution >= 4 is 17.2 Å². The first-order valence-electron chi connectivity index (χ1n) is 9.22. The van der Waals surface area contributed by atoms with Crippen molar-refractivity contribution in [2.45, 2.75) is 37.3 Å². The zero-order chi connectivity index (χ0) is 16.7. The summed E-state index contributed by atoms with van der Waals surface area (Å²) in [6.07, 6.45) is 4.11. The van der Waals surface area contributed by atoms with Gasteiger partial charge in [-0.3, -0.25) is 4.99 Å². The summed E-state index contributed by atoms with van der Waals surface area (Å²) in [7, 11) is 0. The molecule has 1 atom stereocenters. The fraction of sp³-hybridized carbons (Fsp3) is 0.381. The zero-order valence-electron chi connectivity index (χ0n) is 14.3. The van der Waals surface area contributed by atoms with Gasteiger partial charge in [0.25, 0.3) is 0 Å². The average Bonchev–Trinajstić information content (AvgIpc) is 3.06. The Kier molecular flexibility index (Phi) is 3.52. The van der Waals surface area contributed by atoms with Gasteiger partial charge in [0.05, 0.1) is 23.0 Å². The molecular weight excluding hydrogens is 310 g/mol. The SMILES string of the molecule is c1ccc2c(c1)CCC2N=C1Nc2ccccc2NC12CCOCC2. The van der Waals surface area contributed by atoms with Gasteiger partial charge in [0.15, 0.2) is 0 Å². The monoisotopic (exact) mass is 333 g/mol. The van der Waals surface area contributed by atoms with Crippen LogP contribution in [0.1, 0.15) is 36.4 Å². The third-order valence-corrected chi connectivity index (χ3v) is 5.74. The first-order chi connectivity index (χ1) is 12.3. The van der Waals surface area contributed by atoms with Crippen molar-refractivity contribution in [1.29, 1.82) is 0 Å². The van der Waals surface area contributed by atoms with E-state index in [-0.39, 0.29) is 11.6 Å². The molecule has 1 unspecified atom stereocenters. The number of para-hydroxylation sites is 2. The normalized spacial score (nSPS) is 25.1. The van der Waals surface area contributed by atoms with E-state index in [1.165, 1.54) is 11.1 Å². The van der Waals surface area contributed by atoms with Gasteiger partial charge >= 0.3 is 0 Å². The Morgan fingerprint density at radius 1 is 0.960 bits per heavy atom.